The number of anilines is 1. The number of unbranched alkanes of at least 4 members (excludes halogenated alkanes) is 7. The molecule has 0 saturated heterocycles. The van der Waals surface area contributed by atoms with E-state index < -0.39 is 0 Å². The molecule has 1 aliphatic rings. The van der Waals surface area contributed by atoms with Crippen LogP contribution in [0.5, 0.6) is 0 Å². The van der Waals surface area contributed by atoms with Crippen LogP contribution in [0.25, 0.3) is 0 Å². The van der Waals surface area contributed by atoms with Crippen LogP contribution in [0.3, 0.4) is 0 Å². The average molecular weight is 417 g/mol. The molecule has 1 aromatic carbocycles. The van der Waals surface area contributed by atoms with E-state index in [-0.39, 0.29) is 30.5 Å². The van der Waals surface area contributed by atoms with Crippen molar-refractivity contribution >= 4 is 11.6 Å². The monoisotopic (exact) mass is 416 g/mol. The molecule has 0 bridgehead atoms. The molecule has 0 unspecified atom stereocenters. The summed E-state index contributed by atoms with van der Waals surface area (Å²) in [5.41, 5.74) is 3.82. The van der Waals surface area contributed by atoms with E-state index in [4.69, 9.17) is 0 Å². The second-order valence-corrected chi connectivity index (χ2v) is 9.41. The van der Waals surface area contributed by atoms with Crippen LogP contribution in [0, 0.1) is 5.92 Å². The fourth-order valence-electron chi connectivity index (χ4n) is 4.67. The average Bonchev–Trinajstić information content (AvgIpc) is 2.77. The van der Waals surface area contributed by atoms with Crippen molar-refractivity contribution in [2.45, 2.75) is 103 Å². The lowest BCUT2D eigenvalue weighted by molar-refractivity contribution is -0.124. The van der Waals surface area contributed by atoms with Crippen molar-refractivity contribution < 1.29 is 9.90 Å². The second-order valence-electron chi connectivity index (χ2n) is 9.41. The zero-order chi connectivity index (χ0) is 21.9. The highest BCUT2D eigenvalue weighted by atomic mass is 16.3. The number of hydrogen-bond acceptors (Lipinski definition) is 3. The SMILES string of the molecule is CCCCCCCCCCc1ccc2c(c1)N(C)[C@H](C(C)C)C(=O)N[C@H](CO)CC2. The van der Waals surface area contributed by atoms with Crippen molar-refractivity contribution in [2.75, 3.05) is 18.6 Å². The van der Waals surface area contributed by atoms with Gasteiger partial charge in [-0.15, -0.1) is 0 Å². The van der Waals surface area contributed by atoms with Gasteiger partial charge in [-0.05, 0) is 48.8 Å². The number of nitrogens with one attached hydrogen (secondary N) is 1. The van der Waals surface area contributed by atoms with Crippen LogP contribution in [0.2, 0.25) is 0 Å². The Morgan fingerprint density at radius 1 is 1.10 bits per heavy atom. The molecule has 0 spiro atoms. The number of benzene rings is 1. The third-order valence-electron chi connectivity index (χ3n) is 6.49. The minimum atomic E-state index is -0.228. The maximum atomic E-state index is 12.9. The first-order valence-corrected chi connectivity index (χ1v) is 12.2. The highest BCUT2D eigenvalue weighted by Crippen LogP contribution is 2.29. The van der Waals surface area contributed by atoms with Gasteiger partial charge in [-0.3, -0.25) is 4.79 Å². The Hall–Kier alpha value is -1.55. The van der Waals surface area contributed by atoms with Crippen LogP contribution >= 0.6 is 0 Å². The number of nitrogens with zero attached hydrogens (tertiary/aromatic N) is 1. The van der Waals surface area contributed by atoms with Crippen LogP contribution in [0.1, 0.15) is 89.7 Å². The zero-order valence-corrected chi connectivity index (χ0v) is 19.8. The van der Waals surface area contributed by atoms with Gasteiger partial charge in [0.1, 0.15) is 6.04 Å². The molecule has 2 N–H and O–H groups in total. The summed E-state index contributed by atoms with van der Waals surface area (Å²) in [5, 5.41) is 12.7. The molecule has 1 amide bonds. The maximum absolute atomic E-state index is 12.9. The number of fused-ring (bicyclic) bond motifs is 1. The van der Waals surface area contributed by atoms with Gasteiger partial charge in [0.15, 0.2) is 0 Å². The fourth-order valence-corrected chi connectivity index (χ4v) is 4.67. The van der Waals surface area contributed by atoms with E-state index >= 15 is 0 Å². The van der Waals surface area contributed by atoms with Gasteiger partial charge < -0.3 is 15.3 Å². The molecule has 30 heavy (non-hydrogen) atoms. The highest BCUT2D eigenvalue weighted by molar-refractivity contribution is 5.86. The first kappa shape index (κ1) is 24.7. The van der Waals surface area contributed by atoms with Crippen LogP contribution in [-0.2, 0) is 17.6 Å². The fraction of sp³-hybridized carbons (Fsp3) is 0.731. The number of carbonyl (C=O) groups is 1. The van der Waals surface area contributed by atoms with Crippen LogP contribution in [0.4, 0.5) is 5.69 Å². The van der Waals surface area contributed by atoms with E-state index in [0.29, 0.717) is 0 Å². The highest BCUT2D eigenvalue weighted by Gasteiger charge is 2.31. The number of aryl methyl sites for hydroxylation is 2. The van der Waals surface area contributed by atoms with Crippen LogP contribution < -0.4 is 10.2 Å². The molecule has 1 heterocycles. The number of aliphatic hydroxyl groups excluding tert-OH is 1. The van der Waals surface area contributed by atoms with E-state index in [9.17, 15) is 9.90 Å². The van der Waals surface area contributed by atoms with Gasteiger partial charge in [0.05, 0.1) is 12.6 Å². The Kier molecular flexibility index (Phi) is 10.7. The molecular weight excluding hydrogens is 372 g/mol. The summed E-state index contributed by atoms with van der Waals surface area (Å²) in [7, 11) is 2.04. The smallest absolute Gasteiger partial charge is 0.243 e. The van der Waals surface area contributed by atoms with Crippen molar-refractivity contribution in [3.05, 3.63) is 29.3 Å². The van der Waals surface area contributed by atoms with Crippen molar-refractivity contribution in [3.63, 3.8) is 0 Å². The molecule has 170 valence electrons. The molecule has 4 heteroatoms. The number of hydrogen-bond donors (Lipinski definition) is 2. The third-order valence-corrected chi connectivity index (χ3v) is 6.49. The number of aliphatic hydroxyl groups is 1. The van der Waals surface area contributed by atoms with Gasteiger partial charge in [0.2, 0.25) is 5.91 Å². The summed E-state index contributed by atoms with van der Waals surface area (Å²) < 4.78 is 0. The van der Waals surface area contributed by atoms with E-state index in [1.54, 1.807) is 0 Å². The minimum absolute atomic E-state index is 0.00781. The van der Waals surface area contributed by atoms with Crippen molar-refractivity contribution in [1.29, 1.82) is 0 Å². The third kappa shape index (κ3) is 7.30. The Bertz CT molecular complexity index is 644. The number of carbonyl (C=O) groups excluding carboxylic acids is 1. The van der Waals surface area contributed by atoms with E-state index in [1.807, 2.05) is 7.05 Å². The Morgan fingerprint density at radius 2 is 1.77 bits per heavy atom. The zero-order valence-electron chi connectivity index (χ0n) is 19.8. The van der Waals surface area contributed by atoms with Gasteiger partial charge in [0, 0.05) is 12.7 Å². The lowest BCUT2D eigenvalue weighted by atomic mass is 9.97. The summed E-state index contributed by atoms with van der Waals surface area (Å²) in [5.74, 6) is 0.213. The molecule has 4 nitrogen and oxygen atoms in total. The number of amides is 1. The minimum Gasteiger partial charge on any atom is -0.394 e. The van der Waals surface area contributed by atoms with E-state index in [0.717, 1.165) is 19.3 Å². The molecule has 0 radical (unpaired) electrons. The molecule has 0 fully saturated rings. The summed E-state index contributed by atoms with van der Waals surface area (Å²) in [4.78, 5) is 15.1. The predicted octanol–water partition coefficient (Wildman–Crippen LogP) is 5.25. The molecule has 1 aromatic rings. The molecular formula is C26H44N2O2. The molecule has 0 aliphatic carbocycles. The summed E-state index contributed by atoms with van der Waals surface area (Å²) in [6.45, 7) is 6.45. The topological polar surface area (TPSA) is 52.6 Å². The molecule has 2 rings (SSSR count). The number of likely N-dealkylation sites (N-methyl/N-ethyl adjacent to an activating group) is 1. The maximum Gasteiger partial charge on any atom is 0.243 e. The van der Waals surface area contributed by atoms with Crippen molar-refractivity contribution in [1.82, 2.24) is 5.32 Å². The standard InChI is InChI=1S/C26H44N2O2/c1-5-6-7-8-9-10-11-12-13-21-14-15-22-16-17-23(19-29)27-26(30)25(20(2)3)28(4)24(22)18-21/h14-15,18,20,23,25,29H,5-13,16-17,19H2,1-4H3,(H,27,30)/t23-,25+/m0/s1. The Morgan fingerprint density at radius 3 is 2.40 bits per heavy atom. The van der Waals surface area contributed by atoms with Gasteiger partial charge in [-0.1, -0.05) is 77.8 Å². The molecule has 0 saturated carbocycles. The summed E-state index contributed by atoms with van der Waals surface area (Å²) >= 11 is 0. The predicted molar refractivity (Wildman–Crippen MR) is 127 cm³/mol. The van der Waals surface area contributed by atoms with Crippen molar-refractivity contribution in [2.24, 2.45) is 5.92 Å². The number of rotatable bonds is 11. The largest absolute Gasteiger partial charge is 0.394 e. The van der Waals surface area contributed by atoms with Gasteiger partial charge in [0.25, 0.3) is 0 Å². The first-order chi connectivity index (χ1) is 14.5. The van der Waals surface area contributed by atoms with Gasteiger partial charge in [-0.2, -0.15) is 0 Å². The lowest BCUT2D eigenvalue weighted by Crippen LogP contribution is -2.51. The summed E-state index contributed by atoms with van der Waals surface area (Å²) in [6.07, 6.45) is 13.4. The van der Waals surface area contributed by atoms with Crippen LogP contribution in [-0.4, -0.2) is 36.8 Å². The van der Waals surface area contributed by atoms with Gasteiger partial charge >= 0.3 is 0 Å². The molecule has 1 aliphatic heterocycles. The van der Waals surface area contributed by atoms with Gasteiger partial charge in [-0.25, -0.2) is 0 Å². The second kappa shape index (κ2) is 13.0. The van der Waals surface area contributed by atoms with Crippen LogP contribution in [0.15, 0.2) is 18.2 Å². The van der Waals surface area contributed by atoms with E-state index in [2.05, 4.69) is 49.2 Å². The quantitative estimate of drug-likeness (QED) is 0.484. The Balaban J connectivity index is 2.04. The first-order valence-electron chi connectivity index (χ1n) is 12.2. The normalized spacial score (nSPS) is 19.8. The molecule has 0 aromatic heterocycles. The lowest BCUT2D eigenvalue weighted by Gasteiger charge is -2.33. The Labute approximate surface area is 184 Å². The van der Waals surface area contributed by atoms with E-state index in [1.165, 1.54) is 68.2 Å². The van der Waals surface area contributed by atoms with Crippen molar-refractivity contribution in [3.8, 4) is 0 Å². The summed E-state index contributed by atoms with van der Waals surface area (Å²) in [6, 6.07) is 6.41. The molecule has 2 atom stereocenters.